The molecule has 1 unspecified atom stereocenters. The fourth-order valence-corrected chi connectivity index (χ4v) is 1.73. The molecule has 0 saturated heterocycles. The van der Waals surface area contributed by atoms with E-state index in [4.69, 9.17) is 0 Å². The minimum atomic E-state index is 0.743. The van der Waals surface area contributed by atoms with Crippen molar-refractivity contribution in [2.24, 2.45) is 0 Å². The minimum Gasteiger partial charge on any atom is -0.311 e. The number of rotatable bonds is 6. The predicted molar refractivity (Wildman–Crippen MR) is 58.0 cm³/mol. The van der Waals surface area contributed by atoms with Crippen molar-refractivity contribution in [3.05, 3.63) is 0 Å². The Labute approximate surface area is 82.7 Å². The second kappa shape index (κ2) is 5.61. The van der Waals surface area contributed by atoms with Gasteiger partial charge in [-0.25, -0.2) is 0 Å². The summed E-state index contributed by atoms with van der Waals surface area (Å²) in [6, 6.07) is 1.58. The molecule has 0 radical (unpaired) electrons. The summed E-state index contributed by atoms with van der Waals surface area (Å²) >= 11 is 0. The smallest absolute Gasteiger partial charge is 0.00791 e. The van der Waals surface area contributed by atoms with Gasteiger partial charge in [0.15, 0.2) is 0 Å². The van der Waals surface area contributed by atoms with Crippen LogP contribution >= 0.6 is 0 Å². The first-order chi connectivity index (χ1) is 6.22. The van der Waals surface area contributed by atoms with Crippen LogP contribution < -0.4 is 5.32 Å². The van der Waals surface area contributed by atoms with E-state index in [-0.39, 0.29) is 0 Å². The Kier molecular flexibility index (Phi) is 4.74. The first-order valence-corrected chi connectivity index (χ1v) is 5.63. The van der Waals surface area contributed by atoms with E-state index in [1.807, 2.05) is 0 Å². The lowest BCUT2D eigenvalue weighted by atomic mass is 9.92. The van der Waals surface area contributed by atoms with Crippen molar-refractivity contribution in [1.29, 1.82) is 0 Å². The van der Waals surface area contributed by atoms with Crippen LogP contribution in [0.25, 0.3) is 0 Å². The van der Waals surface area contributed by atoms with Gasteiger partial charge in [0.2, 0.25) is 0 Å². The van der Waals surface area contributed by atoms with E-state index in [2.05, 4.69) is 31.2 Å². The predicted octanol–water partition coefficient (Wildman–Crippen LogP) is 1.86. The average Bonchev–Trinajstić information content (AvgIpc) is 2.01. The van der Waals surface area contributed by atoms with Crippen LogP contribution in [0.15, 0.2) is 0 Å². The maximum absolute atomic E-state index is 3.73. The fraction of sp³-hybridized carbons (Fsp3) is 1.00. The van der Waals surface area contributed by atoms with Gasteiger partial charge in [0, 0.05) is 12.1 Å². The maximum Gasteiger partial charge on any atom is 0.00791 e. The summed E-state index contributed by atoms with van der Waals surface area (Å²) in [6.07, 6.45) is 6.79. The molecule has 1 atom stereocenters. The third kappa shape index (κ3) is 4.10. The third-order valence-electron chi connectivity index (χ3n) is 2.99. The van der Waals surface area contributed by atoms with Gasteiger partial charge in [0.05, 0.1) is 0 Å². The summed E-state index contributed by atoms with van der Waals surface area (Å²) in [7, 11) is 4.30. The molecule has 0 aromatic carbocycles. The highest BCUT2D eigenvalue weighted by molar-refractivity contribution is 4.80. The summed E-state index contributed by atoms with van der Waals surface area (Å²) in [4.78, 5) is 2.27. The molecule has 1 aliphatic carbocycles. The molecule has 1 saturated carbocycles. The number of nitrogens with zero attached hydrogens (tertiary/aromatic N) is 1. The second-order valence-corrected chi connectivity index (χ2v) is 4.49. The molecule has 0 aromatic heterocycles. The van der Waals surface area contributed by atoms with E-state index in [0.717, 1.165) is 12.1 Å². The highest BCUT2D eigenvalue weighted by Gasteiger charge is 2.19. The molecule has 1 N–H and O–H groups in total. The van der Waals surface area contributed by atoms with Crippen LogP contribution in [-0.2, 0) is 0 Å². The Balaban J connectivity index is 2.09. The molecule has 2 nitrogen and oxygen atoms in total. The van der Waals surface area contributed by atoms with Crippen LogP contribution in [0.2, 0.25) is 0 Å². The molecular weight excluding hydrogens is 160 g/mol. The summed E-state index contributed by atoms with van der Waals surface area (Å²) in [5.74, 6) is 0. The molecule has 2 heteroatoms. The molecule has 1 aliphatic rings. The molecule has 13 heavy (non-hydrogen) atoms. The van der Waals surface area contributed by atoms with E-state index in [9.17, 15) is 0 Å². The Morgan fingerprint density at radius 2 is 2.08 bits per heavy atom. The monoisotopic (exact) mass is 184 g/mol. The average molecular weight is 184 g/mol. The Morgan fingerprint density at radius 3 is 2.46 bits per heavy atom. The van der Waals surface area contributed by atoms with Crippen molar-refractivity contribution in [3.63, 3.8) is 0 Å². The van der Waals surface area contributed by atoms with Crippen molar-refractivity contribution in [1.82, 2.24) is 10.2 Å². The first-order valence-electron chi connectivity index (χ1n) is 5.63. The van der Waals surface area contributed by atoms with Gasteiger partial charge >= 0.3 is 0 Å². The van der Waals surface area contributed by atoms with Gasteiger partial charge in [-0.05, 0) is 46.3 Å². The van der Waals surface area contributed by atoms with E-state index in [1.54, 1.807) is 0 Å². The highest BCUT2D eigenvalue weighted by Crippen LogP contribution is 2.19. The Morgan fingerprint density at radius 1 is 1.38 bits per heavy atom. The quantitative estimate of drug-likeness (QED) is 0.678. The molecule has 0 aliphatic heterocycles. The van der Waals surface area contributed by atoms with Gasteiger partial charge in [0.25, 0.3) is 0 Å². The lowest BCUT2D eigenvalue weighted by Gasteiger charge is -2.31. The molecule has 0 spiro atoms. The van der Waals surface area contributed by atoms with Crippen LogP contribution in [0.1, 0.15) is 39.0 Å². The Hall–Kier alpha value is -0.0800. The summed E-state index contributed by atoms with van der Waals surface area (Å²) in [5.41, 5.74) is 0. The van der Waals surface area contributed by atoms with Gasteiger partial charge in [-0.3, -0.25) is 0 Å². The first kappa shape index (κ1) is 11.0. The fourth-order valence-electron chi connectivity index (χ4n) is 1.73. The third-order valence-corrected chi connectivity index (χ3v) is 2.99. The summed E-state index contributed by atoms with van der Waals surface area (Å²) in [5, 5.41) is 3.73. The molecular formula is C11H24N2. The van der Waals surface area contributed by atoms with Crippen LogP contribution in [-0.4, -0.2) is 37.6 Å². The van der Waals surface area contributed by atoms with E-state index in [0.29, 0.717) is 0 Å². The Bertz CT molecular complexity index is 130. The van der Waals surface area contributed by atoms with Gasteiger partial charge in [0.1, 0.15) is 0 Å². The van der Waals surface area contributed by atoms with Crippen molar-refractivity contribution >= 4 is 0 Å². The van der Waals surface area contributed by atoms with E-state index in [1.165, 1.54) is 38.6 Å². The van der Waals surface area contributed by atoms with Gasteiger partial charge in [-0.1, -0.05) is 13.3 Å². The maximum atomic E-state index is 3.73. The molecule has 78 valence electrons. The van der Waals surface area contributed by atoms with Crippen molar-refractivity contribution < 1.29 is 0 Å². The molecule has 0 amide bonds. The molecule has 0 bridgehead atoms. The summed E-state index contributed by atoms with van der Waals surface area (Å²) < 4.78 is 0. The van der Waals surface area contributed by atoms with Crippen LogP contribution in [0.3, 0.4) is 0 Å². The standard InChI is InChI=1S/C11H24N2/c1-4-10(8-9-13(2)3)12-11-6-5-7-11/h10-12H,4-9H2,1-3H3. The molecule has 0 aromatic rings. The normalized spacial score (nSPS) is 20.3. The lowest BCUT2D eigenvalue weighted by molar-refractivity contribution is 0.274. The van der Waals surface area contributed by atoms with Crippen LogP contribution in [0.4, 0.5) is 0 Å². The highest BCUT2D eigenvalue weighted by atomic mass is 15.1. The van der Waals surface area contributed by atoms with E-state index >= 15 is 0 Å². The number of hydrogen-bond acceptors (Lipinski definition) is 2. The van der Waals surface area contributed by atoms with Crippen LogP contribution in [0, 0.1) is 0 Å². The van der Waals surface area contributed by atoms with Crippen molar-refractivity contribution in [3.8, 4) is 0 Å². The zero-order valence-corrected chi connectivity index (χ0v) is 9.34. The minimum absolute atomic E-state index is 0.743. The SMILES string of the molecule is CCC(CCN(C)C)NC1CCC1. The number of nitrogens with one attached hydrogen (secondary N) is 1. The van der Waals surface area contributed by atoms with E-state index < -0.39 is 0 Å². The van der Waals surface area contributed by atoms with Gasteiger partial charge < -0.3 is 10.2 Å². The van der Waals surface area contributed by atoms with Crippen molar-refractivity contribution in [2.75, 3.05) is 20.6 Å². The molecule has 0 heterocycles. The van der Waals surface area contributed by atoms with Crippen LogP contribution in [0.5, 0.6) is 0 Å². The number of hydrogen-bond donors (Lipinski definition) is 1. The van der Waals surface area contributed by atoms with Crippen molar-refractivity contribution in [2.45, 2.75) is 51.1 Å². The molecule has 1 fully saturated rings. The largest absolute Gasteiger partial charge is 0.311 e. The zero-order valence-electron chi connectivity index (χ0n) is 9.34. The lowest BCUT2D eigenvalue weighted by Crippen LogP contribution is -2.43. The summed E-state index contributed by atoms with van der Waals surface area (Å²) in [6.45, 7) is 3.49. The second-order valence-electron chi connectivity index (χ2n) is 4.49. The zero-order chi connectivity index (χ0) is 9.68. The van der Waals surface area contributed by atoms with Gasteiger partial charge in [-0.2, -0.15) is 0 Å². The van der Waals surface area contributed by atoms with Gasteiger partial charge in [-0.15, -0.1) is 0 Å². The topological polar surface area (TPSA) is 15.3 Å². The molecule has 1 rings (SSSR count).